The van der Waals surface area contributed by atoms with E-state index in [1.165, 1.54) is 24.4 Å². The van der Waals surface area contributed by atoms with Gasteiger partial charge < -0.3 is 10.6 Å². The number of amides is 1. The number of anilines is 3. The lowest BCUT2D eigenvalue weighted by Crippen LogP contribution is -2.15. The Labute approximate surface area is 159 Å². The quantitative estimate of drug-likeness (QED) is 0.654. The first-order valence-electron chi connectivity index (χ1n) is 8.38. The molecule has 3 aromatic rings. The molecule has 0 saturated heterocycles. The number of halogens is 3. The molecule has 0 fully saturated rings. The summed E-state index contributed by atoms with van der Waals surface area (Å²) in [7, 11) is 0. The van der Waals surface area contributed by atoms with Gasteiger partial charge in [-0.2, -0.15) is 13.2 Å². The van der Waals surface area contributed by atoms with Crippen LogP contribution in [0.5, 0.6) is 0 Å². The van der Waals surface area contributed by atoms with Gasteiger partial charge in [0.25, 0.3) is 5.91 Å². The highest BCUT2D eigenvalue weighted by molar-refractivity contribution is 6.03. The van der Waals surface area contributed by atoms with Crippen molar-refractivity contribution in [2.24, 2.45) is 0 Å². The summed E-state index contributed by atoms with van der Waals surface area (Å²) in [4.78, 5) is 20.5. The molecule has 28 heavy (non-hydrogen) atoms. The SMILES string of the molecule is Cc1ccc(NC(=O)c2ccnc(Nc3cccc(C(F)(F)F)c3)n2)c(C)c1. The van der Waals surface area contributed by atoms with Crippen LogP contribution in [-0.2, 0) is 6.18 Å². The highest BCUT2D eigenvalue weighted by Gasteiger charge is 2.30. The predicted molar refractivity (Wildman–Crippen MR) is 101 cm³/mol. The highest BCUT2D eigenvalue weighted by atomic mass is 19.4. The molecule has 0 spiro atoms. The summed E-state index contributed by atoms with van der Waals surface area (Å²) in [5.74, 6) is -0.422. The largest absolute Gasteiger partial charge is 0.416 e. The fourth-order valence-electron chi connectivity index (χ4n) is 2.59. The van der Waals surface area contributed by atoms with Crippen molar-refractivity contribution in [1.82, 2.24) is 9.97 Å². The van der Waals surface area contributed by atoms with Crippen LogP contribution in [0, 0.1) is 13.8 Å². The molecule has 1 heterocycles. The van der Waals surface area contributed by atoms with Crippen LogP contribution in [0.1, 0.15) is 27.2 Å². The van der Waals surface area contributed by atoms with Crippen LogP contribution in [-0.4, -0.2) is 15.9 Å². The standard InChI is InChI=1S/C20H17F3N4O/c1-12-6-7-16(13(2)10-12)26-18(28)17-8-9-24-19(27-17)25-15-5-3-4-14(11-15)20(21,22)23/h3-11H,1-2H3,(H,26,28)(H,24,25,27). The lowest BCUT2D eigenvalue weighted by molar-refractivity contribution is -0.137. The van der Waals surface area contributed by atoms with Crippen LogP contribution < -0.4 is 10.6 Å². The molecule has 1 aromatic heterocycles. The molecule has 0 atom stereocenters. The van der Waals surface area contributed by atoms with Gasteiger partial charge in [0.2, 0.25) is 5.95 Å². The van der Waals surface area contributed by atoms with Gasteiger partial charge in [0, 0.05) is 17.6 Å². The normalized spacial score (nSPS) is 11.2. The first kappa shape index (κ1) is 19.3. The molecule has 0 unspecified atom stereocenters. The molecule has 144 valence electrons. The van der Waals surface area contributed by atoms with Gasteiger partial charge in [0.05, 0.1) is 5.56 Å². The van der Waals surface area contributed by atoms with Crippen molar-refractivity contribution >= 4 is 23.2 Å². The monoisotopic (exact) mass is 386 g/mol. The van der Waals surface area contributed by atoms with Gasteiger partial charge in [-0.3, -0.25) is 4.79 Å². The molecular formula is C20H17F3N4O. The molecular weight excluding hydrogens is 369 g/mol. The smallest absolute Gasteiger partial charge is 0.324 e. The second-order valence-electron chi connectivity index (χ2n) is 6.24. The van der Waals surface area contributed by atoms with Crippen molar-refractivity contribution in [3.63, 3.8) is 0 Å². The minimum absolute atomic E-state index is 0.0209. The van der Waals surface area contributed by atoms with Gasteiger partial charge in [0.1, 0.15) is 5.69 Å². The molecule has 8 heteroatoms. The fourth-order valence-corrected chi connectivity index (χ4v) is 2.59. The maximum Gasteiger partial charge on any atom is 0.416 e. The van der Waals surface area contributed by atoms with Gasteiger partial charge >= 0.3 is 6.18 Å². The fraction of sp³-hybridized carbons (Fsp3) is 0.150. The minimum Gasteiger partial charge on any atom is -0.324 e. The van der Waals surface area contributed by atoms with E-state index < -0.39 is 17.6 Å². The Kier molecular flexibility index (Phi) is 5.30. The second-order valence-corrected chi connectivity index (χ2v) is 6.24. The first-order chi connectivity index (χ1) is 13.2. The Morgan fingerprint density at radius 2 is 1.82 bits per heavy atom. The maximum atomic E-state index is 12.8. The summed E-state index contributed by atoms with van der Waals surface area (Å²) in [5, 5.41) is 5.46. The number of alkyl halides is 3. The zero-order valence-electron chi connectivity index (χ0n) is 15.1. The Bertz CT molecular complexity index is 1020. The zero-order chi connectivity index (χ0) is 20.3. The number of benzene rings is 2. The Hall–Kier alpha value is -3.42. The van der Waals surface area contributed by atoms with Crippen LogP contribution in [0.25, 0.3) is 0 Å². The Morgan fingerprint density at radius 1 is 1.04 bits per heavy atom. The Morgan fingerprint density at radius 3 is 2.54 bits per heavy atom. The second kappa shape index (κ2) is 7.67. The Balaban J connectivity index is 1.78. The van der Waals surface area contributed by atoms with Crippen molar-refractivity contribution in [2.75, 3.05) is 10.6 Å². The lowest BCUT2D eigenvalue weighted by Gasteiger charge is -2.11. The van der Waals surface area contributed by atoms with Gasteiger partial charge in [-0.1, -0.05) is 23.8 Å². The van der Waals surface area contributed by atoms with E-state index in [1.54, 1.807) is 6.07 Å². The number of rotatable bonds is 4. The van der Waals surface area contributed by atoms with Crippen LogP contribution in [0.4, 0.5) is 30.5 Å². The molecule has 0 bridgehead atoms. The van der Waals surface area contributed by atoms with Crippen LogP contribution in [0.2, 0.25) is 0 Å². The molecule has 2 N–H and O–H groups in total. The van der Waals surface area contributed by atoms with Crippen molar-refractivity contribution in [3.05, 3.63) is 77.1 Å². The van der Waals surface area contributed by atoms with Gasteiger partial charge in [0.15, 0.2) is 0 Å². The van der Waals surface area contributed by atoms with Crippen LogP contribution >= 0.6 is 0 Å². The molecule has 3 rings (SSSR count). The van der Waals surface area contributed by atoms with E-state index in [1.807, 2.05) is 26.0 Å². The van der Waals surface area contributed by atoms with E-state index in [-0.39, 0.29) is 17.3 Å². The van der Waals surface area contributed by atoms with Gasteiger partial charge in [-0.25, -0.2) is 9.97 Å². The van der Waals surface area contributed by atoms with Crippen molar-refractivity contribution in [1.29, 1.82) is 0 Å². The summed E-state index contributed by atoms with van der Waals surface area (Å²) in [5.41, 5.74) is 2.10. The summed E-state index contributed by atoms with van der Waals surface area (Å²) < 4.78 is 38.5. The average Bonchev–Trinajstić information content (AvgIpc) is 2.64. The van der Waals surface area contributed by atoms with E-state index >= 15 is 0 Å². The van der Waals surface area contributed by atoms with E-state index in [4.69, 9.17) is 0 Å². The van der Waals surface area contributed by atoms with Gasteiger partial charge in [-0.05, 0) is 49.7 Å². The molecule has 0 saturated carbocycles. The third-order valence-electron chi connectivity index (χ3n) is 3.96. The number of carbonyl (C=O) groups excluding carboxylic acids is 1. The summed E-state index contributed by atoms with van der Waals surface area (Å²) in [6.07, 6.45) is -3.09. The summed E-state index contributed by atoms with van der Waals surface area (Å²) >= 11 is 0. The molecule has 0 aliphatic rings. The topological polar surface area (TPSA) is 66.9 Å². The number of nitrogens with one attached hydrogen (secondary N) is 2. The summed E-state index contributed by atoms with van der Waals surface area (Å²) in [6.45, 7) is 3.83. The molecule has 5 nitrogen and oxygen atoms in total. The number of nitrogens with zero attached hydrogens (tertiary/aromatic N) is 2. The van der Waals surface area contributed by atoms with E-state index in [9.17, 15) is 18.0 Å². The van der Waals surface area contributed by atoms with Crippen LogP contribution in [0.3, 0.4) is 0 Å². The van der Waals surface area contributed by atoms with Crippen molar-refractivity contribution in [3.8, 4) is 0 Å². The number of aromatic nitrogens is 2. The predicted octanol–water partition coefficient (Wildman–Crippen LogP) is 5.11. The highest BCUT2D eigenvalue weighted by Crippen LogP contribution is 2.31. The lowest BCUT2D eigenvalue weighted by atomic mass is 10.1. The molecule has 2 aromatic carbocycles. The molecule has 1 amide bonds. The number of hydrogen-bond acceptors (Lipinski definition) is 4. The molecule has 0 aliphatic carbocycles. The van der Waals surface area contributed by atoms with E-state index in [0.717, 1.165) is 23.3 Å². The van der Waals surface area contributed by atoms with E-state index in [0.29, 0.717) is 5.69 Å². The minimum atomic E-state index is -4.45. The third kappa shape index (κ3) is 4.64. The number of carbonyl (C=O) groups is 1. The van der Waals surface area contributed by atoms with Crippen LogP contribution in [0.15, 0.2) is 54.7 Å². The average molecular weight is 386 g/mol. The maximum absolute atomic E-state index is 12.8. The van der Waals surface area contributed by atoms with Gasteiger partial charge in [-0.15, -0.1) is 0 Å². The first-order valence-corrected chi connectivity index (χ1v) is 8.38. The number of hydrogen-bond donors (Lipinski definition) is 2. The van der Waals surface area contributed by atoms with Crippen molar-refractivity contribution < 1.29 is 18.0 Å². The molecule has 0 aliphatic heterocycles. The van der Waals surface area contributed by atoms with E-state index in [2.05, 4.69) is 20.6 Å². The zero-order valence-corrected chi connectivity index (χ0v) is 15.1. The number of aryl methyl sites for hydroxylation is 2. The third-order valence-corrected chi connectivity index (χ3v) is 3.96. The molecule has 0 radical (unpaired) electrons. The summed E-state index contributed by atoms with van der Waals surface area (Å²) in [6, 6.07) is 11.7. The van der Waals surface area contributed by atoms with Crippen molar-refractivity contribution in [2.45, 2.75) is 20.0 Å².